The van der Waals surface area contributed by atoms with Crippen LogP contribution in [0.4, 0.5) is 0 Å². The lowest BCUT2D eigenvalue weighted by Gasteiger charge is -2.19. The van der Waals surface area contributed by atoms with Crippen LogP contribution >= 0.6 is 15.9 Å². The zero-order valence-corrected chi connectivity index (χ0v) is 13.9. The third-order valence-corrected chi connectivity index (χ3v) is 4.81. The van der Waals surface area contributed by atoms with Crippen LogP contribution in [-0.4, -0.2) is 33.5 Å². The average Bonchev–Trinajstić information content (AvgIpc) is 2.33. The molecule has 0 fully saturated rings. The fraction of sp³-hybridized carbons (Fsp3) is 0.571. The SMILES string of the molecule is CCNCC(CCCS(C)(=O)=O)c1ccccc1Br. The quantitative estimate of drug-likeness (QED) is 0.786. The summed E-state index contributed by atoms with van der Waals surface area (Å²) in [7, 11) is -2.86. The Balaban J connectivity index is 2.69. The van der Waals surface area contributed by atoms with Crippen molar-refractivity contribution in [3.05, 3.63) is 34.3 Å². The second kappa shape index (κ2) is 8.02. The molecule has 1 atom stereocenters. The van der Waals surface area contributed by atoms with E-state index < -0.39 is 9.84 Å². The third kappa shape index (κ3) is 6.54. The van der Waals surface area contributed by atoms with Crippen LogP contribution < -0.4 is 5.32 Å². The molecular weight excluding hydrogens is 326 g/mol. The molecule has 1 N–H and O–H groups in total. The summed E-state index contributed by atoms with van der Waals surface area (Å²) in [4.78, 5) is 0. The van der Waals surface area contributed by atoms with E-state index in [-0.39, 0.29) is 5.75 Å². The monoisotopic (exact) mass is 347 g/mol. The highest BCUT2D eigenvalue weighted by atomic mass is 79.9. The first-order chi connectivity index (χ1) is 8.94. The summed E-state index contributed by atoms with van der Waals surface area (Å²) in [5, 5.41) is 3.35. The van der Waals surface area contributed by atoms with Crippen molar-refractivity contribution in [2.45, 2.75) is 25.7 Å². The molecule has 0 aliphatic heterocycles. The average molecular weight is 348 g/mol. The minimum Gasteiger partial charge on any atom is -0.316 e. The molecular formula is C14H22BrNO2S. The number of hydrogen-bond donors (Lipinski definition) is 1. The summed E-state index contributed by atoms with van der Waals surface area (Å²) < 4.78 is 23.5. The molecule has 1 aromatic carbocycles. The molecule has 0 saturated carbocycles. The second-order valence-electron chi connectivity index (χ2n) is 4.80. The Morgan fingerprint density at radius 1 is 1.32 bits per heavy atom. The Kier molecular flexibility index (Phi) is 7.04. The van der Waals surface area contributed by atoms with E-state index in [0.29, 0.717) is 12.3 Å². The maximum Gasteiger partial charge on any atom is 0.147 e. The second-order valence-corrected chi connectivity index (χ2v) is 7.91. The molecule has 0 aliphatic rings. The minimum absolute atomic E-state index is 0.264. The summed E-state index contributed by atoms with van der Waals surface area (Å²) in [6.07, 6.45) is 2.88. The first-order valence-corrected chi connectivity index (χ1v) is 9.42. The zero-order valence-electron chi connectivity index (χ0n) is 11.5. The summed E-state index contributed by atoms with van der Waals surface area (Å²) >= 11 is 3.57. The molecule has 1 aromatic rings. The van der Waals surface area contributed by atoms with Crippen molar-refractivity contribution in [3.63, 3.8) is 0 Å². The van der Waals surface area contributed by atoms with E-state index in [2.05, 4.69) is 34.2 Å². The van der Waals surface area contributed by atoms with Gasteiger partial charge < -0.3 is 5.32 Å². The van der Waals surface area contributed by atoms with Gasteiger partial charge in [-0.1, -0.05) is 41.1 Å². The summed E-state index contributed by atoms with van der Waals surface area (Å²) in [5.74, 6) is 0.609. The molecule has 0 bridgehead atoms. The third-order valence-electron chi connectivity index (χ3n) is 3.05. The summed E-state index contributed by atoms with van der Waals surface area (Å²) in [6, 6.07) is 8.15. The van der Waals surface area contributed by atoms with Gasteiger partial charge in [0.15, 0.2) is 0 Å². The van der Waals surface area contributed by atoms with Crippen molar-refractivity contribution in [2.24, 2.45) is 0 Å². The van der Waals surface area contributed by atoms with Gasteiger partial charge in [0.2, 0.25) is 0 Å². The molecule has 108 valence electrons. The summed E-state index contributed by atoms with van der Waals surface area (Å²) in [6.45, 7) is 3.88. The van der Waals surface area contributed by atoms with Crippen LogP contribution in [0.3, 0.4) is 0 Å². The van der Waals surface area contributed by atoms with Crippen molar-refractivity contribution in [3.8, 4) is 0 Å². The fourth-order valence-corrected chi connectivity index (χ4v) is 3.38. The Morgan fingerprint density at radius 2 is 2.00 bits per heavy atom. The minimum atomic E-state index is -2.86. The number of benzene rings is 1. The molecule has 0 aliphatic carbocycles. The number of likely N-dealkylation sites (N-methyl/N-ethyl adjacent to an activating group) is 1. The lowest BCUT2D eigenvalue weighted by molar-refractivity contribution is 0.547. The van der Waals surface area contributed by atoms with E-state index in [1.807, 2.05) is 18.2 Å². The lowest BCUT2D eigenvalue weighted by atomic mass is 9.94. The van der Waals surface area contributed by atoms with Gasteiger partial charge in [-0.15, -0.1) is 0 Å². The van der Waals surface area contributed by atoms with E-state index in [4.69, 9.17) is 0 Å². The molecule has 0 spiro atoms. The van der Waals surface area contributed by atoms with Gasteiger partial charge in [0.25, 0.3) is 0 Å². The molecule has 5 heteroatoms. The van der Waals surface area contributed by atoms with Crippen LogP contribution in [-0.2, 0) is 9.84 Å². The van der Waals surface area contributed by atoms with Gasteiger partial charge in [-0.3, -0.25) is 0 Å². The highest BCUT2D eigenvalue weighted by Gasteiger charge is 2.14. The Morgan fingerprint density at radius 3 is 2.58 bits per heavy atom. The molecule has 0 radical (unpaired) electrons. The standard InChI is InChI=1S/C14H22BrNO2S/c1-3-16-11-12(7-6-10-19(2,17)18)13-8-4-5-9-14(13)15/h4-5,8-9,12,16H,3,6-7,10-11H2,1-2H3. The molecule has 0 saturated heterocycles. The molecule has 1 unspecified atom stereocenters. The fourth-order valence-electron chi connectivity index (χ4n) is 2.08. The molecule has 0 heterocycles. The zero-order chi connectivity index (χ0) is 14.3. The first kappa shape index (κ1) is 16.7. The Hall–Kier alpha value is -0.390. The largest absolute Gasteiger partial charge is 0.316 e. The Bertz CT molecular complexity index is 488. The van der Waals surface area contributed by atoms with Gasteiger partial charge >= 0.3 is 0 Å². The lowest BCUT2D eigenvalue weighted by Crippen LogP contribution is -2.22. The molecule has 19 heavy (non-hydrogen) atoms. The van der Waals surface area contributed by atoms with Crippen molar-refractivity contribution < 1.29 is 8.42 Å². The predicted octanol–water partition coefficient (Wildman–Crippen LogP) is 2.97. The molecule has 0 amide bonds. The van der Waals surface area contributed by atoms with Crippen molar-refractivity contribution in [2.75, 3.05) is 25.1 Å². The first-order valence-electron chi connectivity index (χ1n) is 6.57. The number of sulfone groups is 1. The smallest absolute Gasteiger partial charge is 0.147 e. The van der Waals surface area contributed by atoms with E-state index >= 15 is 0 Å². The van der Waals surface area contributed by atoms with Gasteiger partial charge in [-0.25, -0.2) is 8.42 Å². The van der Waals surface area contributed by atoms with E-state index in [1.165, 1.54) is 11.8 Å². The van der Waals surface area contributed by atoms with Gasteiger partial charge in [-0.2, -0.15) is 0 Å². The highest BCUT2D eigenvalue weighted by molar-refractivity contribution is 9.10. The van der Waals surface area contributed by atoms with Crippen molar-refractivity contribution >= 4 is 25.8 Å². The van der Waals surface area contributed by atoms with E-state index in [1.54, 1.807) is 0 Å². The van der Waals surface area contributed by atoms with Crippen LogP contribution in [0.2, 0.25) is 0 Å². The number of halogens is 1. The van der Waals surface area contributed by atoms with E-state index in [9.17, 15) is 8.42 Å². The van der Waals surface area contributed by atoms with Crippen LogP contribution in [0.5, 0.6) is 0 Å². The van der Waals surface area contributed by atoms with Gasteiger partial charge in [0, 0.05) is 23.0 Å². The van der Waals surface area contributed by atoms with Crippen molar-refractivity contribution in [1.29, 1.82) is 0 Å². The number of hydrogen-bond acceptors (Lipinski definition) is 3. The van der Waals surface area contributed by atoms with Crippen LogP contribution in [0.1, 0.15) is 31.2 Å². The van der Waals surface area contributed by atoms with Crippen LogP contribution in [0.25, 0.3) is 0 Å². The van der Waals surface area contributed by atoms with Gasteiger partial charge in [0.1, 0.15) is 9.84 Å². The van der Waals surface area contributed by atoms with Gasteiger partial charge in [0.05, 0.1) is 0 Å². The number of rotatable bonds is 8. The summed E-state index contributed by atoms with van der Waals surface area (Å²) in [5.41, 5.74) is 1.25. The predicted molar refractivity (Wildman–Crippen MR) is 84.4 cm³/mol. The van der Waals surface area contributed by atoms with Crippen molar-refractivity contribution in [1.82, 2.24) is 5.32 Å². The topological polar surface area (TPSA) is 46.2 Å². The molecule has 3 nitrogen and oxygen atoms in total. The molecule has 1 rings (SSSR count). The maximum absolute atomic E-state index is 11.2. The van der Waals surface area contributed by atoms with Gasteiger partial charge in [-0.05, 0) is 36.9 Å². The molecule has 0 aromatic heterocycles. The highest BCUT2D eigenvalue weighted by Crippen LogP contribution is 2.28. The normalized spacial score (nSPS) is 13.4. The Labute approximate surface area is 124 Å². The maximum atomic E-state index is 11.2. The van der Waals surface area contributed by atoms with E-state index in [0.717, 1.165) is 24.0 Å². The van der Waals surface area contributed by atoms with Crippen LogP contribution in [0.15, 0.2) is 28.7 Å². The van der Waals surface area contributed by atoms with Crippen LogP contribution in [0, 0.1) is 0 Å². The number of nitrogens with one attached hydrogen (secondary N) is 1.